The van der Waals surface area contributed by atoms with Gasteiger partial charge in [0, 0.05) is 30.3 Å². The molecule has 0 spiro atoms. The molecule has 26 heavy (non-hydrogen) atoms. The number of ether oxygens (including phenoxy) is 1. The van der Waals surface area contributed by atoms with Gasteiger partial charge in [0.15, 0.2) is 11.5 Å². The highest BCUT2D eigenvalue weighted by molar-refractivity contribution is 7.81. The van der Waals surface area contributed by atoms with E-state index < -0.39 is 55.3 Å². The van der Waals surface area contributed by atoms with Crippen LogP contribution in [0.3, 0.4) is 0 Å². The third-order valence-electron chi connectivity index (χ3n) is 2.50. The van der Waals surface area contributed by atoms with E-state index in [1.807, 2.05) is 0 Å². The highest BCUT2D eigenvalue weighted by Crippen LogP contribution is 2.43. The van der Waals surface area contributed by atoms with Crippen molar-refractivity contribution < 1.29 is 54.4 Å². The van der Waals surface area contributed by atoms with Crippen molar-refractivity contribution in [2.45, 2.75) is 0 Å². The summed E-state index contributed by atoms with van der Waals surface area (Å²) in [6, 6.07) is 3.79. The van der Waals surface area contributed by atoms with Gasteiger partial charge < -0.3 is 37.5 Å². The fourth-order valence-corrected chi connectivity index (χ4v) is 2.41. The van der Waals surface area contributed by atoms with Crippen molar-refractivity contribution in [3.63, 3.8) is 0 Å². The number of hydrogen-bond acceptors (Lipinski definition) is 12. The topological polar surface area (TPSA) is 203 Å². The first kappa shape index (κ1) is 19.4. The summed E-state index contributed by atoms with van der Waals surface area (Å²) in [5, 5.41) is 29.0. The molecule has 3 N–H and O–H groups in total. The van der Waals surface area contributed by atoms with E-state index in [2.05, 4.69) is 8.37 Å². The standard InChI is InChI=1S/C12H10O12S2/c13-6-1-7(3-8(2-6)23-25(16,17)18)22-12-10(14)4-9(5-11(12)15)24-26(19,20)21/h1-5,13-15H,(H,16,17,18)(H,19,20,21)/p-2. The van der Waals surface area contributed by atoms with E-state index in [0.717, 1.165) is 18.2 Å². The zero-order valence-corrected chi connectivity index (χ0v) is 13.9. The van der Waals surface area contributed by atoms with Gasteiger partial charge in [0.25, 0.3) is 20.8 Å². The molecule has 0 atom stereocenters. The fourth-order valence-electron chi connectivity index (χ4n) is 1.74. The molecule has 0 saturated carbocycles. The van der Waals surface area contributed by atoms with Crippen LogP contribution in [0.4, 0.5) is 0 Å². The zero-order chi connectivity index (χ0) is 19.7. The molecule has 0 aromatic heterocycles. The molecular weight excluding hydrogens is 400 g/mol. The first-order chi connectivity index (χ1) is 11.8. The highest BCUT2D eigenvalue weighted by Gasteiger charge is 2.16. The lowest BCUT2D eigenvalue weighted by atomic mass is 10.2. The molecule has 0 aliphatic rings. The largest absolute Gasteiger partial charge is 0.716 e. The Labute approximate surface area is 146 Å². The first-order valence-corrected chi connectivity index (χ1v) is 8.87. The van der Waals surface area contributed by atoms with Crippen LogP contribution in [-0.4, -0.2) is 41.3 Å². The summed E-state index contributed by atoms with van der Waals surface area (Å²) in [6.07, 6.45) is 0. The molecule has 2 aromatic carbocycles. The molecule has 0 radical (unpaired) electrons. The molecule has 0 aliphatic heterocycles. The third-order valence-corrected chi connectivity index (χ3v) is 3.30. The van der Waals surface area contributed by atoms with Crippen LogP contribution in [0.25, 0.3) is 0 Å². The number of phenolic OH excluding ortho intramolecular Hbond substituents is 3. The average Bonchev–Trinajstić information content (AvgIpc) is 2.38. The zero-order valence-electron chi connectivity index (χ0n) is 12.2. The lowest BCUT2D eigenvalue weighted by molar-refractivity contribution is 0.354. The molecule has 2 aromatic rings. The van der Waals surface area contributed by atoms with Crippen LogP contribution in [0.1, 0.15) is 0 Å². The van der Waals surface area contributed by atoms with E-state index in [4.69, 9.17) is 4.74 Å². The third kappa shape index (κ3) is 5.55. The van der Waals surface area contributed by atoms with Gasteiger partial charge in [-0.25, -0.2) is 16.8 Å². The maximum Gasteiger partial charge on any atom is 0.262 e. The maximum atomic E-state index is 10.6. The molecule has 0 unspecified atom stereocenters. The summed E-state index contributed by atoms with van der Waals surface area (Å²) >= 11 is 0. The van der Waals surface area contributed by atoms with Crippen LogP contribution in [0.2, 0.25) is 0 Å². The Hall–Kier alpha value is -2.94. The molecule has 0 bridgehead atoms. The van der Waals surface area contributed by atoms with Gasteiger partial charge in [-0.3, -0.25) is 0 Å². The molecular formula is C12H8O12S2-2. The molecule has 2 rings (SSSR count). The molecule has 142 valence electrons. The van der Waals surface area contributed by atoms with E-state index in [-0.39, 0.29) is 5.75 Å². The van der Waals surface area contributed by atoms with Crippen molar-refractivity contribution in [1.29, 1.82) is 0 Å². The molecule has 0 fully saturated rings. The van der Waals surface area contributed by atoms with Crippen LogP contribution in [0.15, 0.2) is 30.3 Å². The number of aromatic hydroxyl groups is 3. The summed E-state index contributed by atoms with van der Waals surface area (Å²) in [6.45, 7) is 0. The molecule has 0 heterocycles. The Bertz CT molecular complexity index is 1020. The number of phenols is 3. The highest BCUT2D eigenvalue weighted by atomic mass is 32.3. The molecule has 12 nitrogen and oxygen atoms in total. The van der Waals surface area contributed by atoms with Crippen molar-refractivity contribution in [2.75, 3.05) is 0 Å². The van der Waals surface area contributed by atoms with Crippen molar-refractivity contribution in [3.8, 4) is 40.2 Å². The Morgan fingerprint density at radius 3 is 1.58 bits per heavy atom. The number of rotatable bonds is 6. The fraction of sp³-hybridized carbons (Fsp3) is 0. The van der Waals surface area contributed by atoms with Gasteiger partial charge in [-0.15, -0.1) is 0 Å². The van der Waals surface area contributed by atoms with Crippen molar-refractivity contribution in [1.82, 2.24) is 0 Å². The predicted octanol–water partition coefficient (Wildman–Crippen LogP) is 0.274. The Kier molecular flexibility index (Phi) is 5.04. The van der Waals surface area contributed by atoms with Crippen molar-refractivity contribution in [3.05, 3.63) is 30.3 Å². The normalized spacial score (nSPS) is 11.8. The van der Waals surface area contributed by atoms with E-state index in [0.29, 0.717) is 12.1 Å². The first-order valence-electron chi connectivity index (χ1n) is 6.21. The summed E-state index contributed by atoms with van der Waals surface area (Å²) in [7, 11) is -10.3. The summed E-state index contributed by atoms with van der Waals surface area (Å²) in [4.78, 5) is 0. The van der Waals surface area contributed by atoms with E-state index >= 15 is 0 Å². The summed E-state index contributed by atoms with van der Waals surface area (Å²) in [5.41, 5.74) is 0. The Balaban J connectivity index is 2.37. The van der Waals surface area contributed by atoms with Crippen molar-refractivity contribution >= 4 is 20.8 Å². The van der Waals surface area contributed by atoms with E-state index in [9.17, 15) is 41.3 Å². The van der Waals surface area contributed by atoms with Crippen LogP contribution >= 0.6 is 0 Å². The number of benzene rings is 2. The second-order valence-electron chi connectivity index (χ2n) is 4.54. The van der Waals surface area contributed by atoms with Crippen LogP contribution in [-0.2, 0) is 20.8 Å². The Morgan fingerprint density at radius 2 is 1.12 bits per heavy atom. The van der Waals surface area contributed by atoms with Gasteiger partial charge in [0.05, 0.1) is 0 Å². The summed E-state index contributed by atoms with van der Waals surface area (Å²) in [5.74, 6) is -4.69. The molecule has 0 amide bonds. The van der Waals surface area contributed by atoms with Crippen LogP contribution in [0.5, 0.6) is 40.2 Å². The van der Waals surface area contributed by atoms with Gasteiger partial charge in [-0.2, -0.15) is 0 Å². The Morgan fingerprint density at radius 1 is 0.692 bits per heavy atom. The lowest BCUT2D eigenvalue weighted by Gasteiger charge is -2.14. The van der Waals surface area contributed by atoms with Crippen molar-refractivity contribution in [2.24, 2.45) is 0 Å². The monoisotopic (exact) mass is 408 g/mol. The second kappa shape index (κ2) is 6.75. The smallest absolute Gasteiger partial charge is 0.262 e. The van der Waals surface area contributed by atoms with E-state index in [1.165, 1.54) is 0 Å². The lowest BCUT2D eigenvalue weighted by Crippen LogP contribution is -2.07. The van der Waals surface area contributed by atoms with Gasteiger partial charge in [-0.1, -0.05) is 0 Å². The minimum atomic E-state index is -5.16. The molecule has 14 heteroatoms. The van der Waals surface area contributed by atoms with Crippen LogP contribution < -0.4 is 13.1 Å². The maximum absolute atomic E-state index is 10.6. The predicted molar refractivity (Wildman–Crippen MR) is 78.6 cm³/mol. The summed E-state index contributed by atoms with van der Waals surface area (Å²) < 4.78 is 76.2. The van der Waals surface area contributed by atoms with E-state index in [1.54, 1.807) is 0 Å². The second-order valence-corrected chi connectivity index (χ2v) is 6.50. The van der Waals surface area contributed by atoms with Gasteiger partial charge in [0.2, 0.25) is 5.75 Å². The SMILES string of the molecule is O=S(=O)([O-])Oc1cc(O)cc(Oc2c(O)cc(OS(=O)(=O)[O-])cc2O)c1. The number of hydrogen-bond donors (Lipinski definition) is 3. The quantitative estimate of drug-likeness (QED) is 0.435. The van der Waals surface area contributed by atoms with Gasteiger partial charge >= 0.3 is 0 Å². The average molecular weight is 408 g/mol. The van der Waals surface area contributed by atoms with Gasteiger partial charge in [0.1, 0.15) is 23.0 Å². The molecule has 0 aliphatic carbocycles. The molecule has 0 saturated heterocycles. The minimum absolute atomic E-state index is 0.376. The van der Waals surface area contributed by atoms with Gasteiger partial charge in [-0.05, 0) is 0 Å². The van der Waals surface area contributed by atoms with Crippen LogP contribution in [0, 0.1) is 0 Å². The minimum Gasteiger partial charge on any atom is -0.716 e.